The Labute approximate surface area is 152 Å². The van der Waals surface area contributed by atoms with Crippen LogP contribution in [0.15, 0.2) is 30.3 Å². The highest BCUT2D eigenvalue weighted by atomic mass is 32.2. The molecule has 0 N–H and O–H groups in total. The van der Waals surface area contributed by atoms with E-state index >= 15 is 0 Å². The monoisotopic (exact) mass is 366 g/mol. The number of benzene rings is 1. The Morgan fingerprint density at radius 1 is 1.08 bits per heavy atom. The summed E-state index contributed by atoms with van der Waals surface area (Å²) in [5, 5.41) is 0. The zero-order valence-electron chi connectivity index (χ0n) is 15.4. The van der Waals surface area contributed by atoms with Crippen molar-refractivity contribution >= 4 is 15.9 Å². The number of carbonyl (C=O) groups is 1. The highest BCUT2D eigenvalue weighted by Crippen LogP contribution is 2.24. The summed E-state index contributed by atoms with van der Waals surface area (Å²) in [6.07, 6.45) is 7.29. The molecule has 0 spiro atoms. The van der Waals surface area contributed by atoms with E-state index < -0.39 is 10.0 Å². The fourth-order valence-corrected chi connectivity index (χ4v) is 4.57. The van der Waals surface area contributed by atoms with Crippen molar-refractivity contribution in [2.24, 2.45) is 0 Å². The van der Waals surface area contributed by atoms with Gasteiger partial charge in [0.15, 0.2) is 0 Å². The van der Waals surface area contributed by atoms with Crippen molar-refractivity contribution in [2.75, 3.05) is 19.3 Å². The minimum Gasteiger partial charge on any atom is -0.338 e. The fourth-order valence-electron chi connectivity index (χ4n) is 3.48. The third-order valence-corrected chi connectivity index (χ3v) is 6.18. The minimum atomic E-state index is -3.40. The van der Waals surface area contributed by atoms with E-state index in [2.05, 4.69) is 0 Å². The first-order chi connectivity index (χ1) is 11.9. The quantitative estimate of drug-likeness (QED) is 0.697. The van der Waals surface area contributed by atoms with Crippen molar-refractivity contribution in [1.29, 1.82) is 0 Å². The number of amides is 1. The molecule has 2 rings (SSSR count). The first-order valence-corrected chi connectivity index (χ1v) is 11.0. The Kier molecular flexibility index (Phi) is 7.44. The van der Waals surface area contributed by atoms with E-state index in [-0.39, 0.29) is 18.5 Å². The molecule has 5 nitrogen and oxygen atoms in total. The second kappa shape index (κ2) is 9.34. The predicted molar refractivity (Wildman–Crippen MR) is 101 cm³/mol. The van der Waals surface area contributed by atoms with Crippen LogP contribution in [0.4, 0.5) is 0 Å². The van der Waals surface area contributed by atoms with Gasteiger partial charge < -0.3 is 4.90 Å². The molecular weight excluding hydrogens is 336 g/mol. The predicted octanol–water partition coefficient (Wildman–Crippen LogP) is 3.02. The molecule has 0 heterocycles. The summed E-state index contributed by atoms with van der Waals surface area (Å²) < 4.78 is 26.0. The van der Waals surface area contributed by atoms with Crippen LogP contribution in [0, 0.1) is 0 Å². The number of hydrogen-bond acceptors (Lipinski definition) is 3. The molecule has 1 amide bonds. The fraction of sp³-hybridized carbons (Fsp3) is 0.632. The lowest BCUT2D eigenvalue weighted by molar-refractivity contribution is -0.132. The molecule has 25 heavy (non-hydrogen) atoms. The molecule has 0 saturated heterocycles. The molecule has 0 bridgehead atoms. The van der Waals surface area contributed by atoms with Gasteiger partial charge in [-0.3, -0.25) is 4.79 Å². The molecule has 0 aromatic heterocycles. The van der Waals surface area contributed by atoms with Gasteiger partial charge in [0, 0.05) is 19.1 Å². The van der Waals surface area contributed by atoms with Crippen LogP contribution in [0.2, 0.25) is 0 Å². The van der Waals surface area contributed by atoms with Crippen molar-refractivity contribution in [3.8, 4) is 0 Å². The molecule has 1 aromatic rings. The molecule has 1 aliphatic carbocycles. The SMILES string of the molecule is CCN(Cc1ccccc1)C(=O)CN(C1CCCCCC1)S(C)(=O)=O. The molecular formula is C19H30N2O3S. The standard InChI is InChI=1S/C19H30N2O3S/c1-3-20(15-17-11-7-6-8-12-17)19(22)16-21(25(2,23)24)18-13-9-4-5-10-14-18/h6-8,11-12,18H,3-5,9-10,13-16H2,1-2H3. The number of hydrogen-bond donors (Lipinski definition) is 0. The van der Waals surface area contributed by atoms with Gasteiger partial charge in [-0.1, -0.05) is 56.0 Å². The lowest BCUT2D eigenvalue weighted by Gasteiger charge is -2.31. The smallest absolute Gasteiger partial charge is 0.238 e. The van der Waals surface area contributed by atoms with Crippen LogP contribution in [0.1, 0.15) is 51.0 Å². The summed E-state index contributed by atoms with van der Waals surface area (Å²) >= 11 is 0. The maximum Gasteiger partial charge on any atom is 0.238 e. The Balaban J connectivity index is 2.09. The van der Waals surface area contributed by atoms with Crippen LogP contribution in [-0.4, -0.2) is 48.9 Å². The molecule has 0 atom stereocenters. The molecule has 0 radical (unpaired) electrons. The lowest BCUT2D eigenvalue weighted by atomic mass is 10.1. The van der Waals surface area contributed by atoms with Crippen LogP contribution < -0.4 is 0 Å². The van der Waals surface area contributed by atoms with Gasteiger partial charge in [0.2, 0.25) is 15.9 Å². The molecule has 1 fully saturated rings. The topological polar surface area (TPSA) is 57.7 Å². The van der Waals surface area contributed by atoms with Gasteiger partial charge in [0.25, 0.3) is 0 Å². The van der Waals surface area contributed by atoms with Gasteiger partial charge in [-0.15, -0.1) is 0 Å². The van der Waals surface area contributed by atoms with E-state index in [0.29, 0.717) is 13.1 Å². The molecule has 140 valence electrons. The third-order valence-electron chi connectivity index (χ3n) is 4.90. The average molecular weight is 367 g/mol. The first kappa shape index (κ1) is 19.9. The van der Waals surface area contributed by atoms with Crippen molar-refractivity contribution in [3.05, 3.63) is 35.9 Å². The average Bonchev–Trinajstić information content (AvgIpc) is 2.86. The summed E-state index contributed by atoms with van der Waals surface area (Å²) in [7, 11) is -3.40. The van der Waals surface area contributed by atoms with Crippen LogP contribution in [0.3, 0.4) is 0 Å². The number of sulfonamides is 1. The molecule has 1 saturated carbocycles. The molecule has 6 heteroatoms. The molecule has 0 aliphatic heterocycles. The Bertz CT molecular complexity index is 638. The molecule has 1 aliphatic rings. The van der Waals surface area contributed by atoms with E-state index in [1.165, 1.54) is 10.6 Å². The summed E-state index contributed by atoms with van der Waals surface area (Å²) in [5.74, 6) is -0.124. The minimum absolute atomic E-state index is 0.0446. The van der Waals surface area contributed by atoms with E-state index in [1.54, 1.807) is 4.90 Å². The van der Waals surface area contributed by atoms with Crippen molar-refractivity contribution in [3.63, 3.8) is 0 Å². The number of likely N-dealkylation sites (N-methyl/N-ethyl adjacent to an activating group) is 1. The Hall–Kier alpha value is -1.40. The second-order valence-corrected chi connectivity index (χ2v) is 8.78. The Morgan fingerprint density at radius 3 is 2.20 bits per heavy atom. The number of carbonyl (C=O) groups excluding carboxylic acids is 1. The molecule has 1 aromatic carbocycles. The third kappa shape index (κ3) is 6.12. The van der Waals surface area contributed by atoms with E-state index in [1.807, 2.05) is 37.3 Å². The van der Waals surface area contributed by atoms with E-state index in [0.717, 1.165) is 44.1 Å². The normalized spacial score (nSPS) is 16.6. The van der Waals surface area contributed by atoms with Gasteiger partial charge in [0.05, 0.1) is 12.8 Å². The summed E-state index contributed by atoms with van der Waals surface area (Å²) in [4.78, 5) is 14.5. The summed E-state index contributed by atoms with van der Waals surface area (Å²) in [5.41, 5.74) is 1.05. The van der Waals surface area contributed by atoms with Crippen molar-refractivity contribution < 1.29 is 13.2 Å². The summed E-state index contributed by atoms with van der Waals surface area (Å²) in [6.45, 7) is 2.95. The number of rotatable bonds is 7. The van der Waals surface area contributed by atoms with Crippen LogP contribution in [-0.2, 0) is 21.4 Å². The first-order valence-electron chi connectivity index (χ1n) is 9.20. The van der Waals surface area contributed by atoms with E-state index in [4.69, 9.17) is 0 Å². The van der Waals surface area contributed by atoms with Crippen molar-refractivity contribution in [1.82, 2.24) is 9.21 Å². The maximum atomic E-state index is 12.8. The highest BCUT2D eigenvalue weighted by molar-refractivity contribution is 7.88. The van der Waals surface area contributed by atoms with Gasteiger partial charge in [-0.05, 0) is 25.3 Å². The molecule has 0 unspecified atom stereocenters. The zero-order chi connectivity index (χ0) is 18.3. The second-order valence-electron chi connectivity index (χ2n) is 6.85. The van der Waals surface area contributed by atoms with Gasteiger partial charge in [0.1, 0.15) is 0 Å². The van der Waals surface area contributed by atoms with E-state index in [9.17, 15) is 13.2 Å². The Morgan fingerprint density at radius 2 is 1.68 bits per heavy atom. The van der Waals surface area contributed by atoms with Crippen LogP contribution >= 0.6 is 0 Å². The van der Waals surface area contributed by atoms with Gasteiger partial charge in [-0.2, -0.15) is 4.31 Å². The highest BCUT2D eigenvalue weighted by Gasteiger charge is 2.30. The number of nitrogens with zero attached hydrogens (tertiary/aromatic N) is 2. The van der Waals surface area contributed by atoms with Gasteiger partial charge >= 0.3 is 0 Å². The maximum absolute atomic E-state index is 12.8. The largest absolute Gasteiger partial charge is 0.338 e. The summed E-state index contributed by atoms with van der Waals surface area (Å²) in [6, 6.07) is 9.76. The van der Waals surface area contributed by atoms with Crippen LogP contribution in [0.25, 0.3) is 0 Å². The van der Waals surface area contributed by atoms with Crippen LogP contribution in [0.5, 0.6) is 0 Å². The van der Waals surface area contributed by atoms with Crippen molar-refractivity contribution in [2.45, 2.75) is 58.0 Å². The zero-order valence-corrected chi connectivity index (χ0v) is 16.2. The van der Waals surface area contributed by atoms with Gasteiger partial charge in [-0.25, -0.2) is 8.42 Å². The lowest BCUT2D eigenvalue weighted by Crippen LogP contribution is -2.46.